The second kappa shape index (κ2) is 7.16. The molecule has 25 heavy (non-hydrogen) atoms. The molecule has 2 N–H and O–H groups in total. The summed E-state index contributed by atoms with van der Waals surface area (Å²) in [5, 5.41) is 13.5. The SMILES string of the molecule is COc1cc(Cl)cc(C=C2SC(=Nc3ccc(F)cc3)NC2=O)c1O. The van der Waals surface area contributed by atoms with Crippen molar-refractivity contribution in [1.82, 2.24) is 5.32 Å². The highest BCUT2D eigenvalue weighted by atomic mass is 35.5. The van der Waals surface area contributed by atoms with E-state index in [1.54, 1.807) is 0 Å². The number of carbonyl (C=O) groups is 1. The molecule has 5 nitrogen and oxygen atoms in total. The Balaban J connectivity index is 1.89. The number of aliphatic imine (C=N–C) groups is 1. The third kappa shape index (κ3) is 3.94. The van der Waals surface area contributed by atoms with Crippen LogP contribution in [0.3, 0.4) is 0 Å². The lowest BCUT2D eigenvalue weighted by molar-refractivity contribution is -0.115. The van der Waals surface area contributed by atoms with Gasteiger partial charge in [0.1, 0.15) is 5.82 Å². The second-order valence-electron chi connectivity index (χ2n) is 5.00. The zero-order valence-corrected chi connectivity index (χ0v) is 14.5. The molecular weight excluding hydrogens is 367 g/mol. The van der Waals surface area contributed by atoms with Gasteiger partial charge in [0.2, 0.25) is 0 Å². The largest absolute Gasteiger partial charge is 0.504 e. The fourth-order valence-corrected chi connectivity index (χ4v) is 3.16. The number of phenolic OH excluding ortho intramolecular Hbond substituents is 1. The Morgan fingerprint density at radius 3 is 2.72 bits per heavy atom. The number of amides is 1. The molecule has 8 heteroatoms. The van der Waals surface area contributed by atoms with E-state index >= 15 is 0 Å². The quantitative estimate of drug-likeness (QED) is 0.789. The molecule has 0 bridgehead atoms. The van der Waals surface area contributed by atoms with Crippen LogP contribution in [0.1, 0.15) is 5.56 Å². The molecular formula is C17H12ClFN2O3S. The van der Waals surface area contributed by atoms with Crippen LogP contribution in [-0.2, 0) is 4.79 Å². The Bertz CT molecular complexity index is 898. The number of hydrogen-bond donors (Lipinski definition) is 2. The van der Waals surface area contributed by atoms with Gasteiger partial charge in [0.05, 0.1) is 17.7 Å². The molecule has 128 valence electrons. The van der Waals surface area contributed by atoms with Crippen LogP contribution in [0.15, 0.2) is 46.3 Å². The molecule has 0 atom stereocenters. The average molecular weight is 379 g/mol. The summed E-state index contributed by atoms with van der Waals surface area (Å²) in [6.45, 7) is 0. The monoisotopic (exact) mass is 378 g/mol. The standard InChI is InChI=1S/C17H12ClFN2O3S/c1-24-13-8-10(18)6-9(15(13)22)7-14-16(23)21-17(25-14)20-12-4-2-11(19)3-5-12/h2-8,22H,1H3,(H,20,21,23). The molecule has 1 fully saturated rings. The van der Waals surface area contributed by atoms with Gasteiger partial charge in [-0.25, -0.2) is 9.38 Å². The van der Waals surface area contributed by atoms with Crippen LogP contribution in [0, 0.1) is 5.82 Å². The molecule has 0 radical (unpaired) electrons. The number of carbonyl (C=O) groups excluding carboxylic acids is 1. The molecule has 0 aromatic heterocycles. The summed E-state index contributed by atoms with van der Waals surface area (Å²) in [5.74, 6) is -0.623. The summed E-state index contributed by atoms with van der Waals surface area (Å²) >= 11 is 7.09. The predicted octanol–water partition coefficient (Wildman–Crippen LogP) is 4.08. The van der Waals surface area contributed by atoms with E-state index in [1.807, 2.05) is 0 Å². The van der Waals surface area contributed by atoms with E-state index in [1.165, 1.54) is 49.6 Å². The van der Waals surface area contributed by atoms with E-state index in [2.05, 4.69) is 10.3 Å². The molecule has 1 amide bonds. The summed E-state index contributed by atoms with van der Waals surface area (Å²) in [4.78, 5) is 16.7. The van der Waals surface area contributed by atoms with Crippen LogP contribution in [0.5, 0.6) is 11.5 Å². The van der Waals surface area contributed by atoms with E-state index < -0.39 is 0 Å². The lowest BCUT2D eigenvalue weighted by Gasteiger charge is -2.07. The molecule has 2 aromatic carbocycles. The summed E-state index contributed by atoms with van der Waals surface area (Å²) in [7, 11) is 1.41. The maximum Gasteiger partial charge on any atom is 0.264 e. The first-order chi connectivity index (χ1) is 12.0. The number of aromatic hydroxyl groups is 1. The first-order valence-corrected chi connectivity index (χ1v) is 8.27. The van der Waals surface area contributed by atoms with Crippen molar-refractivity contribution in [2.75, 3.05) is 7.11 Å². The van der Waals surface area contributed by atoms with E-state index in [4.69, 9.17) is 16.3 Å². The molecule has 0 aliphatic carbocycles. The zero-order chi connectivity index (χ0) is 18.0. The van der Waals surface area contributed by atoms with E-state index in [0.717, 1.165) is 11.8 Å². The van der Waals surface area contributed by atoms with Gasteiger partial charge in [0.25, 0.3) is 5.91 Å². The van der Waals surface area contributed by atoms with Crippen LogP contribution < -0.4 is 10.1 Å². The Hall–Kier alpha value is -2.51. The molecule has 0 spiro atoms. The number of ether oxygens (including phenoxy) is 1. The molecule has 1 heterocycles. The fraction of sp³-hybridized carbons (Fsp3) is 0.0588. The third-order valence-corrected chi connectivity index (χ3v) is 4.41. The van der Waals surface area contributed by atoms with Crippen LogP contribution in [0.4, 0.5) is 10.1 Å². The Morgan fingerprint density at radius 1 is 1.32 bits per heavy atom. The Kier molecular flexibility index (Phi) is 4.96. The highest BCUT2D eigenvalue weighted by Crippen LogP contribution is 2.37. The topological polar surface area (TPSA) is 70.9 Å². The number of halogens is 2. The van der Waals surface area contributed by atoms with Crippen molar-refractivity contribution in [2.24, 2.45) is 4.99 Å². The smallest absolute Gasteiger partial charge is 0.264 e. The zero-order valence-electron chi connectivity index (χ0n) is 12.9. The second-order valence-corrected chi connectivity index (χ2v) is 6.47. The fourth-order valence-electron chi connectivity index (χ4n) is 2.11. The molecule has 1 aliphatic rings. The average Bonchev–Trinajstić information content (AvgIpc) is 2.92. The van der Waals surface area contributed by atoms with Crippen molar-refractivity contribution in [2.45, 2.75) is 0 Å². The van der Waals surface area contributed by atoms with E-state index in [9.17, 15) is 14.3 Å². The molecule has 1 saturated heterocycles. The minimum absolute atomic E-state index is 0.114. The molecule has 1 aliphatic heterocycles. The van der Waals surface area contributed by atoms with Crippen LogP contribution in [0.2, 0.25) is 5.02 Å². The highest BCUT2D eigenvalue weighted by Gasteiger charge is 2.24. The lowest BCUT2D eigenvalue weighted by Crippen LogP contribution is -2.19. The summed E-state index contributed by atoms with van der Waals surface area (Å²) in [6.07, 6.45) is 1.50. The molecule has 3 rings (SSSR count). The number of benzene rings is 2. The van der Waals surface area contributed by atoms with Crippen LogP contribution in [0.25, 0.3) is 6.08 Å². The highest BCUT2D eigenvalue weighted by molar-refractivity contribution is 8.18. The summed E-state index contributed by atoms with van der Waals surface area (Å²) in [5.41, 5.74) is 0.864. The number of rotatable bonds is 3. The van der Waals surface area contributed by atoms with Crippen molar-refractivity contribution < 1.29 is 19.0 Å². The van der Waals surface area contributed by atoms with Gasteiger partial charge < -0.3 is 15.2 Å². The van der Waals surface area contributed by atoms with Gasteiger partial charge in [0.15, 0.2) is 16.7 Å². The number of amidine groups is 1. The van der Waals surface area contributed by atoms with Crippen LogP contribution >= 0.6 is 23.4 Å². The van der Waals surface area contributed by atoms with E-state index in [-0.39, 0.29) is 23.2 Å². The van der Waals surface area contributed by atoms with Gasteiger partial charge in [-0.1, -0.05) is 11.6 Å². The normalized spacial score (nSPS) is 17.2. The van der Waals surface area contributed by atoms with Crippen molar-refractivity contribution >= 4 is 46.2 Å². The Morgan fingerprint density at radius 2 is 2.04 bits per heavy atom. The van der Waals surface area contributed by atoms with Crippen molar-refractivity contribution in [1.29, 1.82) is 0 Å². The molecule has 0 saturated carbocycles. The number of phenols is 1. The molecule has 0 unspecified atom stereocenters. The van der Waals surface area contributed by atoms with E-state index in [0.29, 0.717) is 26.3 Å². The molecule has 2 aromatic rings. The van der Waals surface area contributed by atoms with Gasteiger partial charge in [-0.2, -0.15) is 0 Å². The van der Waals surface area contributed by atoms with Gasteiger partial charge in [-0.3, -0.25) is 4.79 Å². The van der Waals surface area contributed by atoms with Crippen molar-refractivity contribution in [3.8, 4) is 11.5 Å². The number of methoxy groups -OCH3 is 1. The van der Waals surface area contributed by atoms with Gasteiger partial charge in [-0.15, -0.1) is 0 Å². The number of hydrogen-bond acceptors (Lipinski definition) is 5. The lowest BCUT2D eigenvalue weighted by atomic mass is 10.1. The van der Waals surface area contributed by atoms with Gasteiger partial charge in [0, 0.05) is 16.7 Å². The van der Waals surface area contributed by atoms with Crippen LogP contribution in [-0.4, -0.2) is 23.3 Å². The Labute approximate surface area is 152 Å². The third-order valence-electron chi connectivity index (χ3n) is 3.28. The van der Waals surface area contributed by atoms with Crippen molar-refractivity contribution in [3.63, 3.8) is 0 Å². The number of nitrogens with zero attached hydrogens (tertiary/aromatic N) is 1. The summed E-state index contributed by atoms with van der Waals surface area (Å²) < 4.78 is 18.0. The van der Waals surface area contributed by atoms with Crippen molar-refractivity contribution in [3.05, 3.63) is 57.7 Å². The van der Waals surface area contributed by atoms with Gasteiger partial charge >= 0.3 is 0 Å². The minimum Gasteiger partial charge on any atom is -0.504 e. The minimum atomic E-state index is -0.363. The predicted molar refractivity (Wildman–Crippen MR) is 96.9 cm³/mol. The first-order valence-electron chi connectivity index (χ1n) is 7.08. The number of nitrogens with one attached hydrogen (secondary N) is 1. The maximum absolute atomic E-state index is 12.9. The van der Waals surface area contributed by atoms with Gasteiger partial charge in [-0.05, 0) is 48.2 Å². The summed E-state index contributed by atoms with van der Waals surface area (Å²) in [6, 6.07) is 8.58. The number of thioether (sulfide) groups is 1. The maximum atomic E-state index is 12.9. The first kappa shape index (κ1) is 17.3.